The number of hydrogen-bond acceptors (Lipinski definition) is 5. The molecule has 1 atom stereocenters. The molecule has 1 fully saturated rings. The highest BCUT2D eigenvalue weighted by molar-refractivity contribution is 7.18. The van der Waals surface area contributed by atoms with Crippen molar-refractivity contribution in [3.05, 3.63) is 59.1 Å². The highest BCUT2D eigenvalue weighted by Gasteiger charge is 2.29. The van der Waals surface area contributed by atoms with Crippen molar-refractivity contribution in [3.8, 4) is 5.75 Å². The lowest BCUT2D eigenvalue weighted by molar-refractivity contribution is -0.139. The molecule has 0 N–H and O–H groups in total. The zero-order valence-corrected chi connectivity index (χ0v) is 17.4. The van der Waals surface area contributed by atoms with E-state index in [2.05, 4.69) is 6.07 Å². The van der Waals surface area contributed by atoms with Crippen molar-refractivity contribution < 1.29 is 14.3 Å². The third kappa shape index (κ3) is 4.32. The fourth-order valence-corrected chi connectivity index (χ4v) is 4.85. The predicted molar refractivity (Wildman–Crippen MR) is 115 cm³/mol. The first-order chi connectivity index (χ1) is 14.0. The molecule has 1 saturated heterocycles. The van der Waals surface area contributed by atoms with E-state index in [0.29, 0.717) is 30.3 Å². The molecule has 0 spiro atoms. The van der Waals surface area contributed by atoms with Crippen LogP contribution in [0.1, 0.15) is 48.0 Å². The fraction of sp³-hybridized carbons (Fsp3) is 0.348. The van der Waals surface area contributed by atoms with Crippen LogP contribution in [0.2, 0.25) is 0 Å². The highest BCUT2D eigenvalue weighted by Crippen LogP contribution is 2.34. The molecule has 0 radical (unpaired) electrons. The van der Waals surface area contributed by atoms with Crippen LogP contribution in [-0.4, -0.2) is 40.8 Å². The number of aromatic nitrogens is 1. The van der Waals surface area contributed by atoms with Crippen LogP contribution in [0, 0.1) is 0 Å². The standard InChI is InChI=1S/C23H24N2O3S/c1-15(26)18-6-5-7-19(14-18)28-16(2)23(27)25-12-10-17(11-13-25)22-24-20-8-3-4-9-21(20)29-22/h3-9,14,16-17H,10-13H2,1-2H3. The summed E-state index contributed by atoms with van der Waals surface area (Å²) in [5, 5.41) is 1.17. The van der Waals surface area contributed by atoms with Gasteiger partial charge in [0.2, 0.25) is 0 Å². The van der Waals surface area contributed by atoms with E-state index in [4.69, 9.17) is 9.72 Å². The number of ether oxygens (including phenoxy) is 1. The summed E-state index contributed by atoms with van der Waals surface area (Å²) in [5.74, 6) is 0.912. The van der Waals surface area contributed by atoms with Gasteiger partial charge < -0.3 is 9.64 Å². The van der Waals surface area contributed by atoms with Gasteiger partial charge in [-0.25, -0.2) is 4.98 Å². The molecule has 5 nitrogen and oxygen atoms in total. The SMILES string of the molecule is CC(=O)c1cccc(OC(C)C(=O)N2CCC(c3nc4ccccc4s3)CC2)c1. The first-order valence-corrected chi connectivity index (χ1v) is 10.7. The van der Waals surface area contributed by atoms with E-state index in [1.54, 1.807) is 42.5 Å². The number of Topliss-reactive ketones (excluding diaryl/α,β-unsaturated/α-hetero) is 1. The zero-order valence-electron chi connectivity index (χ0n) is 16.6. The average Bonchev–Trinajstić information content (AvgIpc) is 3.18. The Bertz CT molecular complexity index is 1000. The smallest absolute Gasteiger partial charge is 0.263 e. The number of rotatable bonds is 5. The third-order valence-electron chi connectivity index (χ3n) is 5.37. The molecule has 1 aliphatic rings. The van der Waals surface area contributed by atoms with E-state index in [9.17, 15) is 9.59 Å². The number of fused-ring (bicyclic) bond motifs is 1. The zero-order chi connectivity index (χ0) is 20.4. The molecule has 2 aromatic carbocycles. The third-order valence-corrected chi connectivity index (χ3v) is 6.57. The predicted octanol–water partition coefficient (Wildman–Crippen LogP) is 4.67. The van der Waals surface area contributed by atoms with Crippen LogP contribution < -0.4 is 4.74 Å². The topological polar surface area (TPSA) is 59.5 Å². The monoisotopic (exact) mass is 408 g/mol. The number of benzene rings is 2. The van der Waals surface area contributed by atoms with E-state index >= 15 is 0 Å². The highest BCUT2D eigenvalue weighted by atomic mass is 32.1. The largest absolute Gasteiger partial charge is 0.481 e. The van der Waals surface area contributed by atoms with E-state index < -0.39 is 6.10 Å². The van der Waals surface area contributed by atoms with Crippen molar-refractivity contribution in [2.75, 3.05) is 13.1 Å². The first-order valence-electron chi connectivity index (χ1n) is 9.93. The maximum Gasteiger partial charge on any atom is 0.263 e. The maximum atomic E-state index is 12.8. The molecule has 0 bridgehead atoms. The van der Waals surface area contributed by atoms with Crippen molar-refractivity contribution in [1.29, 1.82) is 0 Å². The van der Waals surface area contributed by atoms with Gasteiger partial charge in [0.1, 0.15) is 5.75 Å². The Kier molecular flexibility index (Phi) is 5.62. The second-order valence-electron chi connectivity index (χ2n) is 7.46. The molecule has 1 unspecified atom stereocenters. The number of carbonyl (C=O) groups is 2. The summed E-state index contributed by atoms with van der Waals surface area (Å²) in [5.41, 5.74) is 1.64. The van der Waals surface area contributed by atoms with Crippen LogP contribution in [0.25, 0.3) is 10.2 Å². The number of hydrogen-bond donors (Lipinski definition) is 0. The molecule has 1 amide bonds. The molecule has 0 saturated carbocycles. The molecule has 150 valence electrons. The van der Waals surface area contributed by atoms with Gasteiger partial charge in [-0.1, -0.05) is 24.3 Å². The van der Waals surface area contributed by atoms with E-state index in [-0.39, 0.29) is 11.7 Å². The van der Waals surface area contributed by atoms with Crippen LogP contribution in [0.3, 0.4) is 0 Å². The molecule has 1 aliphatic heterocycles. The molecule has 4 rings (SSSR count). The van der Waals surface area contributed by atoms with Gasteiger partial charge in [0, 0.05) is 24.6 Å². The quantitative estimate of drug-likeness (QED) is 0.576. The van der Waals surface area contributed by atoms with Gasteiger partial charge in [-0.15, -0.1) is 11.3 Å². The Balaban J connectivity index is 1.35. The summed E-state index contributed by atoms with van der Waals surface area (Å²) >= 11 is 1.76. The summed E-state index contributed by atoms with van der Waals surface area (Å²) < 4.78 is 7.04. The lowest BCUT2D eigenvalue weighted by atomic mass is 9.97. The molecule has 1 aromatic heterocycles. The molecular weight excluding hydrogens is 384 g/mol. The van der Waals surface area contributed by atoms with Gasteiger partial charge in [0.25, 0.3) is 5.91 Å². The van der Waals surface area contributed by atoms with Crippen LogP contribution in [-0.2, 0) is 4.79 Å². The number of piperidine rings is 1. The van der Waals surface area contributed by atoms with Crippen molar-refractivity contribution in [3.63, 3.8) is 0 Å². The van der Waals surface area contributed by atoms with Gasteiger partial charge in [-0.3, -0.25) is 9.59 Å². The number of likely N-dealkylation sites (tertiary alicyclic amines) is 1. The summed E-state index contributed by atoms with van der Waals surface area (Å²) in [6.07, 6.45) is 1.24. The Morgan fingerprint density at radius 2 is 1.90 bits per heavy atom. The Morgan fingerprint density at radius 1 is 1.14 bits per heavy atom. The summed E-state index contributed by atoms with van der Waals surface area (Å²) in [4.78, 5) is 31.0. The normalized spacial score (nSPS) is 16.0. The number of thiazole rings is 1. The minimum atomic E-state index is -0.587. The van der Waals surface area contributed by atoms with Crippen LogP contribution in [0.15, 0.2) is 48.5 Å². The van der Waals surface area contributed by atoms with E-state index in [0.717, 1.165) is 18.4 Å². The van der Waals surface area contributed by atoms with Gasteiger partial charge >= 0.3 is 0 Å². The van der Waals surface area contributed by atoms with Crippen LogP contribution >= 0.6 is 11.3 Å². The second-order valence-corrected chi connectivity index (χ2v) is 8.53. The molecule has 2 heterocycles. The van der Waals surface area contributed by atoms with Gasteiger partial charge in [0.15, 0.2) is 11.9 Å². The summed E-state index contributed by atoms with van der Waals surface area (Å²) in [6.45, 7) is 4.70. The first kappa shape index (κ1) is 19.6. The minimum absolute atomic E-state index is 0.0130. The van der Waals surface area contributed by atoms with Crippen molar-refractivity contribution in [1.82, 2.24) is 9.88 Å². The Labute approximate surface area is 174 Å². The van der Waals surface area contributed by atoms with E-state index in [1.165, 1.54) is 16.6 Å². The molecule has 3 aromatic rings. The number of para-hydroxylation sites is 1. The second kappa shape index (κ2) is 8.33. The summed E-state index contributed by atoms with van der Waals surface area (Å²) in [6, 6.07) is 15.2. The lowest BCUT2D eigenvalue weighted by Gasteiger charge is -2.32. The Morgan fingerprint density at radius 3 is 2.62 bits per heavy atom. The van der Waals surface area contributed by atoms with Crippen molar-refractivity contribution in [2.24, 2.45) is 0 Å². The number of amides is 1. The number of nitrogens with zero attached hydrogens (tertiary/aromatic N) is 2. The summed E-state index contributed by atoms with van der Waals surface area (Å²) in [7, 11) is 0. The number of carbonyl (C=O) groups excluding carboxylic acids is 2. The number of ketones is 1. The van der Waals surface area contributed by atoms with Gasteiger partial charge in [0.05, 0.1) is 15.2 Å². The van der Waals surface area contributed by atoms with Crippen molar-refractivity contribution in [2.45, 2.75) is 38.7 Å². The van der Waals surface area contributed by atoms with E-state index in [1.807, 2.05) is 23.1 Å². The van der Waals surface area contributed by atoms with Crippen LogP contribution in [0.5, 0.6) is 5.75 Å². The van der Waals surface area contributed by atoms with Gasteiger partial charge in [-0.05, 0) is 51.0 Å². The van der Waals surface area contributed by atoms with Crippen LogP contribution in [0.4, 0.5) is 0 Å². The maximum absolute atomic E-state index is 12.8. The molecule has 29 heavy (non-hydrogen) atoms. The molecule has 0 aliphatic carbocycles. The minimum Gasteiger partial charge on any atom is -0.481 e. The lowest BCUT2D eigenvalue weighted by Crippen LogP contribution is -2.44. The molecular formula is C23H24N2O3S. The van der Waals surface area contributed by atoms with Gasteiger partial charge in [-0.2, -0.15) is 0 Å². The Hall–Kier alpha value is -2.73. The fourth-order valence-electron chi connectivity index (χ4n) is 3.71. The van der Waals surface area contributed by atoms with Crippen molar-refractivity contribution >= 4 is 33.2 Å². The average molecular weight is 409 g/mol. The molecule has 6 heteroatoms.